The second-order valence-electron chi connectivity index (χ2n) is 9.15. The molecule has 1 aliphatic carbocycles. The Hall–Kier alpha value is -3.94. The van der Waals surface area contributed by atoms with E-state index in [9.17, 15) is 9.59 Å². The molecule has 0 saturated heterocycles. The van der Waals surface area contributed by atoms with Crippen LogP contribution in [0.15, 0.2) is 47.3 Å². The third-order valence-electron chi connectivity index (χ3n) is 6.48. The molecule has 0 atom stereocenters. The van der Waals surface area contributed by atoms with Crippen LogP contribution in [0.1, 0.15) is 52.5 Å². The smallest absolute Gasteiger partial charge is 0.275 e. The number of amides is 1. The van der Waals surface area contributed by atoms with Gasteiger partial charge in [-0.25, -0.2) is 9.78 Å². The van der Waals surface area contributed by atoms with Crippen molar-refractivity contribution >= 4 is 22.6 Å². The molecule has 0 radical (unpaired) electrons. The molecule has 8 nitrogen and oxygen atoms in total. The van der Waals surface area contributed by atoms with Gasteiger partial charge in [-0.1, -0.05) is 36.8 Å². The SMILES string of the molecule is Cc1ccc(C)c(C(=O)NCc2ccc(-n3nc(C4(C)CC4)c4c(=O)[nH]nc(N)c43)cc2)c1. The monoisotopic (exact) mass is 442 g/mol. The second kappa shape index (κ2) is 7.58. The largest absolute Gasteiger partial charge is 0.380 e. The number of nitrogens with one attached hydrogen (secondary N) is 2. The quantitative estimate of drug-likeness (QED) is 0.438. The van der Waals surface area contributed by atoms with Gasteiger partial charge in [0.15, 0.2) is 5.82 Å². The Bertz CT molecular complexity index is 1440. The first-order valence-electron chi connectivity index (χ1n) is 11.0. The van der Waals surface area contributed by atoms with Crippen LogP contribution < -0.4 is 16.6 Å². The number of aromatic amines is 1. The highest BCUT2D eigenvalue weighted by molar-refractivity contribution is 5.95. The van der Waals surface area contributed by atoms with Crippen molar-refractivity contribution in [2.75, 3.05) is 5.73 Å². The maximum Gasteiger partial charge on any atom is 0.275 e. The van der Waals surface area contributed by atoms with E-state index >= 15 is 0 Å². The molecule has 2 aromatic heterocycles. The summed E-state index contributed by atoms with van der Waals surface area (Å²) in [5, 5.41) is 14.7. The van der Waals surface area contributed by atoms with Crippen molar-refractivity contribution < 1.29 is 4.79 Å². The fraction of sp³-hybridized carbons (Fsp3) is 0.280. The molecule has 1 aliphatic rings. The fourth-order valence-electron chi connectivity index (χ4n) is 4.14. The highest BCUT2D eigenvalue weighted by atomic mass is 16.1. The topological polar surface area (TPSA) is 119 Å². The van der Waals surface area contributed by atoms with E-state index in [-0.39, 0.29) is 22.7 Å². The number of H-pyrrole nitrogens is 1. The molecule has 33 heavy (non-hydrogen) atoms. The average molecular weight is 443 g/mol. The number of carbonyl (C=O) groups excluding carboxylic acids is 1. The van der Waals surface area contributed by atoms with Crippen molar-refractivity contribution in [2.24, 2.45) is 0 Å². The first kappa shape index (κ1) is 20.9. The van der Waals surface area contributed by atoms with Gasteiger partial charge in [0.05, 0.1) is 16.8 Å². The average Bonchev–Trinajstić information content (AvgIpc) is 3.41. The van der Waals surface area contributed by atoms with Gasteiger partial charge in [-0.15, -0.1) is 0 Å². The van der Waals surface area contributed by atoms with Crippen molar-refractivity contribution in [3.63, 3.8) is 0 Å². The number of nitrogens with zero attached hydrogens (tertiary/aromatic N) is 3. The summed E-state index contributed by atoms with van der Waals surface area (Å²) in [5.41, 5.74) is 11.4. The van der Waals surface area contributed by atoms with E-state index in [1.807, 2.05) is 56.3 Å². The van der Waals surface area contributed by atoms with Crippen LogP contribution in [0, 0.1) is 13.8 Å². The minimum atomic E-state index is -0.278. The van der Waals surface area contributed by atoms with E-state index < -0.39 is 0 Å². The van der Waals surface area contributed by atoms with E-state index in [4.69, 9.17) is 10.8 Å². The van der Waals surface area contributed by atoms with Gasteiger partial charge >= 0.3 is 0 Å². The Morgan fingerprint density at radius 1 is 1.18 bits per heavy atom. The molecule has 8 heteroatoms. The number of nitrogens with two attached hydrogens (primary N) is 1. The molecule has 4 N–H and O–H groups in total. The predicted molar refractivity (Wildman–Crippen MR) is 128 cm³/mol. The number of rotatable bonds is 5. The summed E-state index contributed by atoms with van der Waals surface area (Å²) in [6, 6.07) is 13.5. The second-order valence-corrected chi connectivity index (χ2v) is 9.15. The van der Waals surface area contributed by atoms with E-state index in [1.165, 1.54) is 0 Å². The minimum absolute atomic E-state index is 0.0984. The number of fused-ring (bicyclic) bond motifs is 1. The van der Waals surface area contributed by atoms with Crippen LogP contribution >= 0.6 is 0 Å². The lowest BCUT2D eigenvalue weighted by Crippen LogP contribution is -2.23. The van der Waals surface area contributed by atoms with Crippen molar-refractivity contribution in [3.8, 4) is 5.69 Å². The molecular formula is C25H26N6O2. The lowest BCUT2D eigenvalue weighted by molar-refractivity contribution is 0.0950. The lowest BCUT2D eigenvalue weighted by Gasteiger charge is -2.10. The Kier molecular flexibility index (Phi) is 4.81. The number of carbonyl (C=O) groups is 1. The molecule has 1 amide bonds. The number of hydrogen-bond acceptors (Lipinski definition) is 5. The van der Waals surface area contributed by atoms with Crippen molar-refractivity contribution in [1.82, 2.24) is 25.3 Å². The van der Waals surface area contributed by atoms with E-state index in [0.717, 1.165) is 40.9 Å². The summed E-state index contributed by atoms with van der Waals surface area (Å²) in [4.78, 5) is 25.2. The summed E-state index contributed by atoms with van der Waals surface area (Å²) < 4.78 is 1.70. The predicted octanol–water partition coefficient (Wildman–Crippen LogP) is 3.29. The van der Waals surface area contributed by atoms with Gasteiger partial charge in [0.25, 0.3) is 11.5 Å². The number of nitrogen functional groups attached to an aromatic ring is 1. The molecule has 5 rings (SSSR count). The molecule has 2 aromatic carbocycles. The third-order valence-corrected chi connectivity index (χ3v) is 6.48. The standard InChI is InChI=1S/C25H26N6O2/c1-14-4-5-15(2)18(12-14)23(32)27-13-16-6-8-17(9-7-16)31-20-19(24(33)29-28-22(20)26)21(30-31)25(3)10-11-25/h4-9,12H,10-11,13H2,1-3H3,(H2,26,28)(H,27,32)(H,29,33). The van der Waals surface area contributed by atoms with Gasteiger partial charge < -0.3 is 11.1 Å². The van der Waals surface area contributed by atoms with Gasteiger partial charge in [-0.3, -0.25) is 9.59 Å². The van der Waals surface area contributed by atoms with E-state index in [2.05, 4.69) is 22.4 Å². The van der Waals surface area contributed by atoms with Crippen molar-refractivity contribution in [3.05, 3.63) is 80.8 Å². The zero-order valence-electron chi connectivity index (χ0n) is 18.9. The van der Waals surface area contributed by atoms with Crippen LogP contribution in [0.5, 0.6) is 0 Å². The molecule has 0 bridgehead atoms. The van der Waals surface area contributed by atoms with Gasteiger partial charge in [-0.05, 0) is 56.0 Å². The number of hydrogen-bond donors (Lipinski definition) is 3. The highest BCUT2D eigenvalue weighted by Gasteiger charge is 2.44. The van der Waals surface area contributed by atoms with Gasteiger partial charge in [0.1, 0.15) is 5.52 Å². The van der Waals surface area contributed by atoms with Crippen LogP contribution in [0.25, 0.3) is 16.6 Å². The lowest BCUT2D eigenvalue weighted by atomic mass is 10.0. The number of benzene rings is 2. The number of aryl methyl sites for hydroxylation is 2. The highest BCUT2D eigenvalue weighted by Crippen LogP contribution is 2.49. The normalized spacial score (nSPS) is 14.4. The summed E-state index contributed by atoms with van der Waals surface area (Å²) in [5.74, 6) is 0.135. The Morgan fingerprint density at radius 2 is 1.91 bits per heavy atom. The molecule has 4 aromatic rings. The van der Waals surface area contributed by atoms with Gasteiger partial charge in [-0.2, -0.15) is 10.2 Å². The molecular weight excluding hydrogens is 416 g/mol. The van der Waals surface area contributed by atoms with Crippen LogP contribution in [0.2, 0.25) is 0 Å². The van der Waals surface area contributed by atoms with Crippen LogP contribution in [0.4, 0.5) is 5.82 Å². The minimum Gasteiger partial charge on any atom is -0.380 e. The van der Waals surface area contributed by atoms with Crippen molar-refractivity contribution in [2.45, 2.75) is 45.6 Å². The Morgan fingerprint density at radius 3 is 2.61 bits per heavy atom. The maximum atomic E-state index is 12.6. The Labute approximate surface area is 190 Å². The van der Waals surface area contributed by atoms with Crippen LogP contribution in [0.3, 0.4) is 0 Å². The first-order chi connectivity index (χ1) is 15.8. The van der Waals surface area contributed by atoms with Gasteiger partial charge in [0.2, 0.25) is 0 Å². The summed E-state index contributed by atoms with van der Waals surface area (Å²) in [6.07, 6.45) is 1.97. The van der Waals surface area contributed by atoms with E-state index in [1.54, 1.807) is 4.68 Å². The first-order valence-corrected chi connectivity index (χ1v) is 11.0. The fourth-order valence-corrected chi connectivity index (χ4v) is 4.14. The summed E-state index contributed by atoms with van der Waals surface area (Å²) in [6.45, 7) is 6.41. The van der Waals surface area contributed by atoms with Crippen molar-refractivity contribution in [1.29, 1.82) is 0 Å². The van der Waals surface area contributed by atoms with Crippen LogP contribution in [-0.2, 0) is 12.0 Å². The maximum absolute atomic E-state index is 12.6. The molecule has 0 aliphatic heterocycles. The summed E-state index contributed by atoms with van der Waals surface area (Å²) >= 11 is 0. The molecule has 0 spiro atoms. The molecule has 1 fully saturated rings. The molecule has 168 valence electrons. The zero-order chi connectivity index (χ0) is 23.3. The zero-order valence-corrected chi connectivity index (χ0v) is 18.9. The number of anilines is 1. The molecule has 0 unspecified atom stereocenters. The van der Waals surface area contributed by atoms with E-state index in [0.29, 0.717) is 23.0 Å². The van der Waals surface area contributed by atoms with Crippen LogP contribution in [-0.4, -0.2) is 25.9 Å². The molecule has 2 heterocycles. The number of aromatic nitrogens is 4. The summed E-state index contributed by atoms with van der Waals surface area (Å²) in [7, 11) is 0. The van der Waals surface area contributed by atoms with Gasteiger partial charge in [0, 0.05) is 17.5 Å². The third kappa shape index (κ3) is 3.67. The molecule has 1 saturated carbocycles. The Balaban J connectivity index is 1.42.